The first-order chi connectivity index (χ1) is 15.2. The van der Waals surface area contributed by atoms with Gasteiger partial charge in [-0.25, -0.2) is 4.39 Å². The fourth-order valence-corrected chi connectivity index (χ4v) is 4.51. The van der Waals surface area contributed by atoms with Crippen molar-refractivity contribution in [1.82, 2.24) is 14.8 Å². The van der Waals surface area contributed by atoms with Gasteiger partial charge in [0.25, 0.3) is 0 Å². The van der Waals surface area contributed by atoms with Crippen molar-refractivity contribution in [3.8, 4) is 5.75 Å². The summed E-state index contributed by atoms with van der Waals surface area (Å²) in [5.74, 6) is 0.732. The number of oxime groups is 1. The summed E-state index contributed by atoms with van der Waals surface area (Å²) in [6.07, 6.45) is 3.91. The van der Waals surface area contributed by atoms with Gasteiger partial charge in [0.15, 0.2) is 6.10 Å². The van der Waals surface area contributed by atoms with Crippen molar-refractivity contribution in [3.63, 3.8) is 0 Å². The summed E-state index contributed by atoms with van der Waals surface area (Å²) >= 11 is 0. The minimum absolute atomic E-state index is 0.0109. The van der Waals surface area contributed by atoms with E-state index in [4.69, 9.17) is 9.57 Å². The van der Waals surface area contributed by atoms with Crippen LogP contribution in [0, 0.1) is 11.7 Å². The molecule has 3 aliphatic heterocycles. The largest absolute Gasteiger partial charge is 0.490 e. The lowest BCUT2D eigenvalue weighted by atomic mass is 9.93. The number of hydrogen-bond donors (Lipinski definition) is 0. The number of rotatable bonds is 5. The molecule has 0 saturated carbocycles. The van der Waals surface area contributed by atoms with Gasteiger partial charge in [0.2, 0.25) is 0 Å². The van der Waals surface area contributed by atoms with Gasteiger partial charge in [-0.1, -0.05) is 28.9 Å². The molecule has 0 N–H and O–H groups in total. The molecule has 0 aliphatic carbocycles. The molecule has 0 spiro atoms. The van der Waals surface area contributed by atoms with Crippen LogP contribution in [0.3, 0.4) is 0 Å². The van der Waals surface area contributed by atoms with Crippen LogP contribution in [0.15, 0.2) is 53.3 Å². The van der Waals surface area contributed by atoms with E-state index in [0.29, 0.717) is 6.61 Å². The van der Waals surface area contributed by atoms with Crippen LogP contribution in [0.4, 0.5) is 4.39 Å². The summed E-state index contributed by atoms with van der Waals surface area (Å²) < 4.78 is 19.0. The first-order valence-electron chi connectivity index (χ1n) is 10.8. The average molecular weight is 423 g/mol. The maximum absolute atomic E-state index is 13.1. The maximum atomic E-state index is 13.1. The van der Waals surface area contributed by atoms with Gasteiger partial charge in [0.1, 0.15) is 29.6 Å². The van der Waals surface area contributed by atoms with Gasteiger partial charge in [0, 0.05) is 45.5 Å². The van der Waals surface area contributed by atoms with E-state index in [1.54, 1.807) is 6.20 Å². The fourth-order valence-electron chi connectivity index (χ4n) is 4.51. The van der Waals surface area contributed by atoms with Gasteiger partial charge in [0.05, 0.1) is 5.92 Å². The number of nitrogens with zero attached hydrogens (tertiary/aromatic N) is 4. The highest BCUT2D eigenvalue weighted by molar-refractivity contribution is 6.04. The Morgan fingerprint density at radius 1 is 1.13 bits per heavy atom. The smallest absolute Gasteiger partial charge is 0.151 e. The predicted octanol–water partition coefficient (Wildman–Crippen LogP) is 3.05. The van der Waals surface area contributed by atoms with Crippen molar-refractivity contribution in [2.75, 3.05) is 45.9 Å². The molecule has 0 amide bonds. The maximum Gasteiger partial charge on any atom is 0.151 e. The Hall–Kier alpha value is -2.77. The van der Waals surface area contributed by atoms with E-state index < -0.39 is 0 Å². The van der Waals surface area contributed by atoms with Crippen LogP contribution in [0.25, 0.3) is 6.08 Å². The molecule has 1 fully saturated rings. The van der Waals surface area contributed by atoms with Gasteiger partial charge in [-0.3, -0.25) is 14.8 Å². The van der Waals surface area contributed by atoms with Crippen LogP contribution in [0.1, 0.15) is 18.2 Å². The van der Waals surface area contributed by atoms with Crippen LogP contribution in [0.5, 0.6) is 5.75 Å². The van der Waals surface area contributed by atoms with Crippen LogP contribution in [-0.4, -0.2) is 72.5 Å². The van der Waals surface area contributed by atoms with E-state index in [0.717, 1.165) is 62.0 Å². The van der Waals surface area contributed by atoms with Crippen molar-refractivity contribution in [3.05, 3.63) is 65.2 Å². The van der Waals surface area contributed by atoms with E-state index in [2.05, 4.69) is 32.9 Å². The Morgan fingerprint density at radius 3 is 2.71 bits per heavy atom. The average Bonchev–Trinajstić information content (AvgIpc) is 3.20. The van der Waals surface area contributed by atoms with Crippen molar-refractivity contribution < 1.29 is 14.0 Å². The zero-order chi connectivity index (χ0) is 21.2. The number of halogens is 1. The lowest BCUT2D eigenvalue weighted by molar-refractivity contribution is 0.0101. The normalized spacial score (nSPS) is 24.1. The molecule has 31 heavy (non-hydrogen) atoms. The Kier molecular flexibility index (Phi) is 5.70. The van der Waals surface area contributed by atoms with Crippen LogP contribution in [-0.2, 0) is 4.84 Å². The second-order valence-corrected chi connectivity index (χ2v) is 8.51. The van der Waals surface area contributed by atoms with Crippen molar-refractivity contribution in [1.29, 1.82) is 0 Å². The standard InChI is InChI=1S/C24H27FN4O2/c1-17(13-18-4-6-19(25)7-5-18)14-28-9-11-29(12-10-28)15-22-20-16-30-21-3-2-8-26-24(21)23(20)27-31-22/h2-8,13,20,22H,9-12,14-16H2,1H3. The first kappa shape index (κ1) is 20.2. The number of pyridine rings is 1. The topological polar surface area (TPSA) is 50.2 Å². The first-order valence-corrected chi connectivity index (χ1v) is 10.8. The molecule has 6 nitrogen and oxygen atoms in total. The lowest BCUT2D eigenvalue weighted by Gasteiger charge is -2.36. The minimum Gasteiger partial charge on any atom is -0.490 e. The third-order valence-corrected chi connectivity index (χ3v) is 6.18. The molecule has 2 atom stereocenters. The molecule has 1 aromatic heterocycles. The van der Waals surface area contributed by atoms with E-state index in [1.807, 2.05) is 24.3 Å². The molecule has 0 bridgehead atoms. The number of piperazine rings is 1. The van der Waals surface area contributed by atoms with Crippen LogP contribution >= 0.6 is 0 Å². The SMILES string of the molecule is CC(=Cc1ccc(F)cc1)CN1CCN(CC2ON=C3c4ncccc4OCC32)CC1. The fraction of sp³-hybridized carbons (Fsp3) is 0.417. The van der Waals surface area contributed by atoms with E-state index in [1.165, 1.54) is 17.7 Å². The molecular weight excluding hydrogens is 395 g/mol. The van der Waals surface area contributed by atoms with Crippen molar-refractivity contribution in [2.24, 2.45) is 11.1 Å². The second kappa shape index (κ2) is 8.77. The number of fused-ring (bicyclic) bond motifs is 3. The molecule has 5 rings (SSSR count). The van der Waals surface area contributed by atoms with Gasteiger partial charge in [-0.2, -0.15) is 0 Å². The Balaban J connectivity index is 1.12. The molecule has 2 aromatic rings. The van der Waals surface area contributed by atoms with E-state index in [9.17, 15) is 4.39 Å². The molecular formula is C24H27FN4O2. The summed E-state index contributed by atoms with van der Waals surface area (Å²) in [4.78, 5) is 15.2. The summed E-state index contributed by atoms with van der Waals surface area (Å²) in [7, 11) is 0. The summed E-state index contributed by atoms with van der Waals surface area (Å²) in [5, 5.41) is 4.35. The highest BCUT2D eigenvalue weighted by Gasteiger charge is 2.41. The summed E-state index contributed by atoms with van der Waals surface area (Å²) in [6, 6.07) is 10.5. The third-order valence-electron chi connectivity index (χ3n) is 6.18. The summed E-state index contributed by atoms with van der Waals surface area (Å²) in [6.45, 7) is 8.54. The van der Waals surface area contributed by atoms with Gasteiger partial charge < -0.3 is 9.57 Å². The second-order valence-electron chi connectivity index (χ2n) is 8.51. The number of benzene rings is 1. The number of aromatic nitrogens is 1. The zero-order valence-corrected chi connectivity index (χ0v) is 17.7. The Bertz CT molecular complexity index is 983. The molecule has 2 unspecified atom stereocenters. The van der Waals surface area contributed by atoms with Crippen molar-refractivity contribution >= 4 is 11.8 Å². The quantitative estimate of drug-likeness (QED) is 0.741. The number of hydrogen-bond acceptors (Lipinski definition) is 6. The molecule has 3 aliphatic rings. The van der Waals surface area contributed by atoms with Crippen LogP contribution in [0.2, 0.25) is 0 Å². The molecule has 4 heterocycles. The number of ether oxygens (including phenoxy) is 1. The Labute approximate surface area is 182 Å². The summed E-state index contributed by atoms with van der Waals surface area (Å²) in [5.41, 5.74) is 4.06. The van der Waals surface area contributed by atoms with Gasteiger partial charge >= 0.3 is 0 Å². The zero-order valence-electron chi connectivity index (χ0n) is 17.7. The molecule has 162 valence electrons. The highest BCUT2D eigenvalue weighted by Crippen LogP contribution is 2.32. The molecule has 0 radical (unpaired) electrons. The lowest BCUT2D eigenvalue weighted by Crippen LogP contribution is -2.50. The van der Waals surface area contributed by atoms with Gasteiger partial charge in [-0.05, 0) is 36.8 Å². The third kappa shape index (κ3) is 4.48. The molecule has 1 saturated heterocycles. The van der Waals surface area contributed by atoms with Crippen LogP contribution < -0.4 is 4.74 Å². The predicted molar refractivity (Wildman–Crippen MR) is 118 cm³/mol. The van der Waals surface area contributed by atoms with Gasteiger partial charge in [-0.15, -0.1) is 0 Å². The van der Waals surface area contributed by atoms with Crippen molar-refractivity contribution in [2.45, 2.75) is 13.0 Å². The Morgan fingerprint density at radius 2 is 1.90 bits per heavy atom. The van der Waals surface area contributed by atoms with E-state index >= 15 is 0 Å². The minimum atomic E-state index is -0.199. The highest BCUT2D eigenvalue weighted by atomic mass is 19.1. The van der Waals surface area contributed by atoms with E-state index in [-0.39, 0.29) is 17.8 Å². The molecule has 7 heteroatoms. The monoisotopic (exact) mass is 422 g/mol. The molecule has 1 aromatic carbocycles.